The molecular formula is C21H22FN3O2S2. The molecule has 0 spiro atoms. The van der Waals surface area contributed by atoms with Crippen LogP contribution < -0.4 is 10.1 Å². The zero-order chi connectivity index (χ0) is 20.9. The van der Waals surface area contributed by atoms with E-state index in [1.165, 1.54) is 34.7 Å². The molecule has 1 amide bonds. The van der Waals surface area contributed by atoms with Gasteiger partial charge in [0.2, 0.25) is 5.13 Å². The molecule has 29 heavy (non-hydrogen) atoms. The van der Waals surface area contributed by atoms with Crippen LogP contribution in [0.4, 0.5) is 9.52 Å². The Hall–Kier alpha value is -2.45. The van der Waals surface area contributed by atoms with Gasteiger partial charge < -0.3 is 4.74 Å². The van der Waals surface area contributed by atoms with Crippen LogP contribution in [-0.4, -0.2) is 22.7 Å². The third-order valence-corrected chi connectivity index (χ3v) is 6.07. The maximum absolute atomic E-state index is 13.7. The Morgan fingerprint density at radius 2 is 1.86 bits per heavy atom. The maximum Gasteiger partial charge on any atom is 0.264 e. The molecule has 0 saturated heterocycles. The first-order chi connectivity index (χ1) is 13.8. The number of anilines is 1. The summed E-state index contributed by atoms with van der Waals surface area (Å²) >= 11 is 2.61. The lowest BCUT2D eigenvalue weighted by Gasteiger charge is -2.19. The van der Waals surface area contributed by atoms with Crippen LogP contribution in [-0.2, 0) is 16.0 Å². The Kier molecular flexibility index (Phi) is 6.87. The maximum atomic E-state index is 13.7. The molecule has 0 aliphatic carbocycles. The minimum Gasteiger partial charge on any atom is -0.484 e. The van der Waals surface area contributed by atoms with Gasteiger partial charge in [-0.05, 0) is 34.7 Å². The van der Waals surface area contributed by atoms with E-state index in [2.05, 4.69) is 36.3 Å². The molecule has 0 unspecified atom stereocenters. The summed E-state index contributed by atoms with van der Waals surface area (Å²) in [5, 5.41) is 11.0. The van der Waals surface area contributed by atoms with E-state index in [9.17, 15) is 9.18 Å². The molecule has 3 aromatic rings. The van der Waals surface area contributed by atoms with Crippen molar-refractivity contribution < 1.29 is 13.9 Å². The van der Waals surface area contributed by atoms with Crippen LogP contribution in [0, 0.1) is 5.82 Å². The van der Waals surface area contributed by atoms with E-state index < -0.39 is 0 Å². The number of ether oxygens (including phenoxy) is 1. The van der Waals surface area contributed by atoms with Crippen LogP contribution in [0.3, 0.4) is 0 Å². The second-order valence-electron chi connectivity index (χ2n) is 7.36. The summed E-state index contributed by atoms with van der Waals surface area (Å²) in [5.74, 6) is 0.520. The number of benzene rings is 2. The summed E-state index contributed by atoms with van der Waals surface area (Å²) in [6, 6.07) is 14.3. The number of nitrogens with zero attached hydrogens (tertiary/aromatic N) is 2. The fraction of sp³-hybridized carbons (Fsp3) is 0.286. The highest BCUT2D eigenvalue weighted by atomic mass is 32.2. The first-order valence-corrected chi connectivity index (χ1v) is 10.8. The summed E-state index contributed by atoms with van der Waals surface area (Å²) in [6.07, 6.45) is 0. The lowest BCUT2D eigenvalue weighted by molar-refractivity contribution is -0.118. The quantitative estimate of drug-likeness (QED) is 0.407. The number of carbonyl (C=O) groups is 1. The molecule has 5 nitrogen and oxygen atoms in total. The molecule has 0 atom stereocenters. The topological polar surface area (TPSA) is 64.1 Å². The van der Waals surface area contributed by atoms with Crippen LogP contribution in [0.25, 0.3) is 0 Å². The molecule has 1 N–H and O–H groups in total. The Labute approximate surface area is 177 Å². The van der Waals surface area contributed by atoms with Crippen molar-refractivity contribution in [3.05, 3.63) is 65.5 Å². The van der Waals surface area contributed by atoms with E-state index in [-0.39, 0.29) is 23.7 Å². The van der Waals surface area contributed by atoms with E-state index in [4.69, 9.17) is 4.74 Å². The average Bonchev–Trinajstić information content (AvgIpc) is 3.12. The molecule has 0 aliphatic heterocycles. The average molecular weight is 432 g/mol. The number of halogens is 1. The van der Waals surface area contributed by atoms with Gasteiger partial charge in [-0.25, -0.2) is 4.39 Å². The second-order valence-corrected chi connectivity index (χ2v) is 9.56. The van der Waals surface area contributed by atoms with Gasteiger partial charge in [-0.3, -0.25) is 10.1 Å². The van der Waals surface area contributed by atoms with Gasteiger partial charge in [0.1, 0.15) is 11.6 Å². The van der Waals surface area contributed by atoms with Crippen LogP contribution in [0.1, 0.15) is 31.9 Å². The second kappa shape index (κ2) is 9.37. The Morgan fingerprint density at radius 3 is 2.55 bits per heavy atom. The zero-order valence-electron chi connectivity index (χ0n) is 16.4. The van der Waals surface area contributed by atoms with E-state index in [0.29, 0.717) is 26.5 Å². The minimum absolute atomic E-state index is 0.0652. The van der Waals surface area contributed by atoms with Gasteiger partial charge in [-0.2, -0.15) is 0 Å². The number of thioether (sulfide) groups is 1. The van der Waals surface area contributed by atoms with Gasteiger partial charge >= 0.3 is 0 Å². The molecule has 0 aliphatic rings. The highest BCUT2D eigenvalue weighted by molar-refractivity contribution is 8.00. The molecule has 0 fully saturated rings. The Morgan fingerprint density at radius 1 is 1.14 bits per heavy atom. The first kappa shape index (κ1) is 21.3. The zero-order valence-corrected chi connectivity index (χ0v) is 18.1. The summed E-state index contributed by atoms with van der Waals surface area (Å²) in [4.78, 5) is 12.1. The third kappa shape index (κ3) is 6.27. The number of aromatic nitrogens is 2. The molecule has 1 aromatic heterocycles. The predicted molar refractivity (Wildman–Crippen MR) is 115 cm³/mol. The number of hydrogen-bond acceptors (Lipinski definition) is 6. The van der Waals surface area contributed by atoms with E-state index in [0.717, 1.165) is 0 Å². The predicted octanol–water partition coefficient (Wildman–Crippen LogP) is 5.28. The van der Waals surface area contributed by atoms with Crippen molar-refractivity contribution in [3.63, 3.8) is 0 Å². The van der Waals surface area contributed by atoms with Gasteiger partial charge in [0.05, 0.1) is 0 Å². The summed E-state index contributed by atoms with van der Waals surface area (Å²) < 4.78 is 19.8. The van der Waals surface area contributed by atoms with Crippen LogP contribution in [0.5, 0.6) is 5.75 Å². The monoisotopic (exact) mass is 431 g/mol. The standard InChI is InChI=1S/C21H22FN3O2S2/c1-21(2,3)15-8-10-16(11-9-15)27-12-18(26)23-19-24-25-20(29-19)28-13-14-6-4-5-7-17(14)22/h4-11H,12-13H2,1-3H3,(H,23,24,26). The number of carbonyl (C=O) groups excluding carboxylic acids is 1. The van der Waals surface area contributed by atoms with Gasteiger partial charge in [0, 0.05) is 5.75 Å². The Balaban J connectivity index is 1.47. The molecular weight excluding hydrogens is 409 g/mol. The largest absolute Gasteiger partial charge is 0.484 e. The smallest absolute Gasteiger partial charge is 0.264 e. The highest BCUT2D eigenvalue weighted by Gasteiger charge is 2.14. The molecule has 1 heterocycles. The molecule has 0 radical (unpaired) electrons. The van der Waals surface area contributed by atoms with Crippen LogP contribution >= 0.6 is 23.1 Å². The lowest BCUT2D eigenvalue weighted by atomic mass is 9.87. The summed E-state index contributed by atoms with van der Waals surface area (Å²) in [7, 11) is 0. The van der Waals surface area contributed by atoms with Crippen molar-refractivity contribution >= 4 is 34.1 Å². The third-order valence-electron chi connectivity index (χ3n) is 4.05. The van der Waals surface area contributed by atoms with Crippen molar-refractivity contribution in [1.29, 1.82) is 0 Å². The van der Waals surface area contributed by atoms with Crippen molar-refractivity contribution in [2.45, 2.75) is 36.3 Å². The number of hydrogen-bond donors (Lipinski definition) is 1. The van der Waals surface area contributed by atoms with Crippen molar-refractivity contribution in [2.24, 2.45) is 0 Å². The van der Waals surface area contributed by atoms with E-state index in [1.807, 2.05) is 24.3 Å². The SMILES string of the molecule is CC(C)(C)c1ccc(OCC(=O)Nc2nnc(SCc3ccccc3F)s2)cc1. The molecule has 0 bridgehead atoms. The van der Waals surface area contributed by atoms with Crippen molar-refractivity contribution in [3.8, 4) is 5.75 Å². The number of amides is 1. The van der Waals surface area contributed by atoms with E-state index in [1.54, 1.807) is 18.2 Å². The molecule has 3 rings (SSSR count). The van der Waals surface area contributed by atoms with Gasteiger partial charge in [-0.1, -0.05) is 74.2 Å². The Bertz CT molecular complexity index is 969. The normalized spacial score (nSPS) is 11.3. The fourth-order valence-corrected chi connectivity index (χ4v) is 4.18. The van der Waals surface area contributed by atoms with Crippen LogP contribution in [0.2, 0.25) is 0 Å². The van der Waals surface area contributed by atoms with Gasteiger partial charge in [-0.15, -0.1) is 10.2 Å². The molecule has 8 heteroatoms. The van der Waals surface area contributed by atoms with Gasteiger partial charge in [0.15, 0.2) is 10.9 Å². The number of nitrogens with one attached hydrogen (secondary N) is 1. The van der Waals surface area contributed by atoms with E-state index >= 15 is 0 Å². The highest BCUT2D eigenvalue weighted by Crippen LogP contribution is 2.29. The summed E-state index contributed by atoms with van der Waals surface area (Å²) in [5.41, 5.74) is 1.86. The first-order valence-electron chi connectivity index (χ1n) is 9.04. The minimum atomic E-state index is -0.313. The molecule has 2 aromatic carbocycles. The van der Waals surface area contributed by atoms with Crippen molar-refractivity contribution in [1.82, 2.24) is 10.2 Å². The molecule has 0 saturated carbocycles. The van der Waals surface area contributed by atoms with Crippen molar-refractivity contribution in [2.75, 3.05) is 11.9 Å². The van der Waals surface area contributed by atoms with Gasteiger partial charge in [0.25, 0.3) is 5.91 Å². The number of rotatable bonds is 7. The molecule has 152 valence electrons. The fourth-order valence-electron chi connectivity index (χ4n) is 2.43. The summed E-state index contributed by atoms with van der Waals surface area (Å²) in [6.45, 7) is 6.30. The lowest BCUT2D eigenvalue weighted by Crippen LogP contribution is -2.20. The van der Waals surface area contributed by atoms with Crippen LogP contribution in [0.15, 0.2) is 52.9 Å².